The van der Waals surface area contributed by atoms with Gasteiger partial charge in [0.2, 0.25) is 5.91 Å². The molecule has 21 heavy (non-hydrogen) atoms. The van der Waals surface area contributed by atoms with Gasteiger partial charge >= 0.3 is 0 Å². The first-order valence-corrected chi connectivity index (χ1v) is 8.85. The van der Waals surface area contributed by atoms with Crippen molar-refractivity contribution in [1.29, 1.82) is 0 Å². The monoisotopic (exact) mass is 307 g/mol. The van der Waals surface area contributed by atoms with Crippen LogP contribution in [0.15, 0.2) is 17.5 Å². The number of amides is 1. The highest BCUT2D eigenvalue weighted by Crippen LogP contribution is 2.31. The molecule has 1 aromatic heterocycles. The molecule has 116 valence electrons. The normalized spacial score (nSPS) is 30.5. The second-order valence-corrected chi connectivity index (χ2v) is 7.31. The van der Waals surface area contributed by atoms with Gasteiger partial charge in [0.25, 0.3) is 0 Å². The van der Waals surface area contributed by atoms with E-state index in [4.69, 9.17) is 0 Å². The van der Waals surface area contributed by atoms with Crippen molar-refractivity contribution in [3.63, 3.8) is 0 Å². The number of likely N-dealkylation sites (tertiary alicyclic amines) is 1. The van der Waals surface area contributed by atoms with Gasteiger partial charge in [0.1, 0.15) is 6.17 Å². The van der Waals surface area contributed by atoms with Gasteiger partial charge in [0.15, 0.2) is 0 Å². The predicted molar refractivity (Wildman–Crippen MR) is 86.2 cm³/mol. The molecule has 3 atom stereocenters. The van der Waals surface area contributed by atoms with Crippen molar-refractivity contribution < 1.29 is 4.79 Å². The molecule has 0 saturated carbocycles. The van der Waals surface area contributed by atoms with Crippen LogP contribution >= 0.6 is 11.3 Å². The molecule has 0 aliphatic carbocycles. The number of hydrogen-bond donors (Lipinski definition) is 1. The fourth-order valence-electron chi connectivity index (χ4n) is 3.51. The lowest BCUT2D eigenvalue weighted by Crippen LogP contribution is -2.35. The minimum absolute atomic E-state index is 0.00114. The minimum Gasteiger partial charge on any atom is -0.320 e. The van der Waals surface area contributed by atoms with Crippen LogP contribution in [0.1, 0.15) is 37.2 Å². The van der Waals surface area contributed by atoms with Crippen molar-refractivity contribution in [2.24, 2.45) is 5.92 Å². The molecule has 2 aliphatic heterocycles. The van der Waals surface area contributed by atoms with E-state index in [0.717, 1.165) is 32.5 Å². The van der Waals surface area contributed by atoms with E-state index in [1.807, 2.05) is 0 Å². The van der Waals surface area contributed by atoms with Crippen molar-refractivity contribution in [2.75, 3.05) is 26.7 Å². The molecule has 2 aliphatic rings. The molecule has 2 saturated heterocycles. The number of thiophene rings is 1. The van der Waals surface area contributed by atoms with Gasteiger partial charge in [-0.05, 0) is 43.8 Å². The van der Waals surface area contributed by atoms with Crippen LogP contribution in [0.25, 0.3) is 0 Å². The zero-order valence-electron chi connectivity index (χ0n) is 12.9. The van der Waals surface area contributed by atoms with Crippen LogP contribution in [0.3, 0.4) is 0 Å². The largest absolute Gasteiger partial charge is 0.320 e. The van der Waals surface area contributed by atoms with Crippen LogP contribution in [0.2, 0.25) is 0 Å². The Hall–Kier alpha value is -0.910. The van der Waals surface area contributed by atoms with Crippen LogP contribution in [-0.4, -0.2) is 48.4 Å². The number of nitrogens with zero attached hydrogens (tertiary/aromatic N) is 2. The van der Waals surface area contributed by atoms with Crippen LogP contribution in [0, 0.1) is 5.92 Å². The van der Waals surface area contributed by atoms with E-state index >= 15 is 0 Å². The topological polar surface area (TPSA) is 35.6 Å². The molecule has 3 rings (SSSR count). The van der Waals surface area contributed by atoms with Crippen molar-refractivity contribution >= 4 is 17.2 Å². The van der Waals surface area contributed by atoms with E-state index in [-0.39, 0.29) is 12.2 Å². The van der Waals surface area contributed by atoms with E-state index in [1.165, 1.54) is 11.3 Å². The van der Waals surface area contributed by atoms with Gasteiger partial charge in [0.05, 0.1) is 6.04 Å². The highest BCUT2D eigenvalue weighted by atomic mass is 32.1. The summed E-state index contributed by atoms with van der Waals surface area (Å²) in [6.07, 6.45) is 3.26. The maximum absolute atomic E-state index is 12.7. The summed E-state index contributed by atoms with van der Waals surface area (Å²) in [4.78, 5) is 18.4. The molecule has 0 bridgehead atoms. The lowest BCUT2D eigenvalue weighted by Gasteiger charge is -2.26. The summed E-state index contributed by atoms with van der Waals surface area (Å²) < 4.78 is 0. The Morgan fingerprint density at radius 3 is 2.95 bits per heavy atom. The standard InChI is InChI=1S/C16H25N3OS/c1-3-5-13-16(20)19(11-12-7-8-18(2)10-12)15(17-13)14-6-4-9-21-14/h4,6,9,12-13,15,17H,3,5,7-8,10-11H2,1-2H3. The number of rotatable bonds is 5. The Morgan fingerprint density at radius 1 is 1.48 bits per heavy atom. The smallest absolute Gasteiger partial charge is 0.241 e. The van der Waals surface area contributed by atoms with Crippen molar-refractivity contribution in [3.8, 4) is 0 Å². The van der Waals surface area contributed by atoms with Gasteiger partial charge in [-0.1, -0.05) is 19.4 Å². The van der Waals surface area contributed by atoms with Gasteiger partial charge in [-0.2, -0.15) is 0 Å². The molecular weight excluding hydrogens is 282 g/mol. The maximum atomic E-state index is 12.7. The average Bonchev–Trinajstić information content (AvgIpc) is 3.16. The third kappa shape index (κ3) is 3.15. The highest BCUT2D eigenvalue weighted by Gasteiger charge is 2.40. The Labute approximate surface area is 131 Å². The van der Waals surface area contributed by atoms with Gasteiger partial charge in [-0.15, -0.1) is 11.3 Å². The molecule has 3 unspecified atom stereocenters. The van der Waals surface area contributed by atoms with Crippen LogP contribution in [0.5, 0.6) is 0 Å². The Bertz CT molecular complexity index is 476. The summed E-state index contributed by atoms with van der Waals surface area (Å²) in [5.74, 6) is 0.911. The quantitative estimate of drug-likeness (QED) is 0.906. The Morgan fingerprint density at radius 2 is 2.33 bits per heavy atom. The lowest BCUT2D eigenvalue weighted by molar-refractivity contribution is -0.130. The number of carbonyl (C=O) groups is 1. The molecule has 1 aromatic rings. The molecule has 2 fully saturated rings. The second kappa shape index (κ2) is 6.46. The van der Waals surface area contributed by atoms with Crippen molar-refractivity contribution in [2.45, 2.75) is 38.4 Å². The lowest BCUT2D eigenvalue weighted by atomic mass is 10.1. The summed E-state index contributed by atoms with van der Waals surface area (Å²) in [7, 11) is 2.17. The maximum Gasteiger partial charge on any atom is 0.241 e. The molecule has 0 spiro atoms. The molecule has 4 nitrogen and oxygen atoms in total. The van der Waals surface area contributed by atoms with Gasteiger partial charge in [0, 0.05) is 18.0 Å². The average molecular weight is 307 g/mol. The van der Waals surface area contributed by atoms with Gasteiger partial charge in [-0.25, -0.2) is 0 Å². The highest BCUT2D eigenvalue weighted by molar-refractivity contribution is 7.10. The van der Waals surface area contributed by atoms with E-state index in [1.54, 1.807) is 11.3 Å². The van der Waals surface area contributed by atoms with E-state index in [2.05, 4.69) is 46.6 Å². The fourth-order valence-corrected chi connectivity index (χ4v) is 4.30. The van der Waals surface area contributed by atoms with Gasteiger partial charge in [-0.3, -0.25) is 10.1 Å². The van der Waals surface area contributed by atoms with E-state index in [9.17, 15) is 4.79 Å². The van der Waals surface area contributed by atoms with Crippen LogP contribution in [0.4, 0.5) is 0 Å². The third-order valence-electron chi connectivity index (χ3n) is 4.59. The first-order chi connectivity index (χ1) is 10.2. The Balaban J connectivity index is 1.74. The molecule has 5 heteroatoms. The molecular formula is C16H25N3OS. The summed E-state index contributed by atoms with van der Waals surface area (Å²) in [5, 5.41) is 5.65. The molecule has 3 heterocycles. The van der Waals surface area contributed by atoms with Crippen molar-refractivity contribution in [3.05, 3.63) is 22.4 Å². The first kappa shape index (κ1) is 15.0. The summed E-state index contributed by atoms with van der Waals surface area (Å²) in [6, 6.07) is 4.21. The Kier molecular flexibility index (Phi) is 4.62. The van der Waals surface area contributed by atoms with Gasteiger partial charge < -0.3 is 9.80 Å². The molecule has 0 aromatic carbocycles. The SMILES string of the molecule is CCCC1NC(c2cccs2)N(CC2CCN(C)C2)C1=O. The minimum atomic E-state index is 0.00114. The summed E-state index contributed by atoms with van der Waals surface area (Å²) >= 11 is 1.74. The van der Waals surface area contributed by atoms with E-state index in [0.29, 0.717) is 11.8 Å². The predicted octanol–water partition coefficient (Wildman–Crippen LogP) is 2.30. The van der Waals surface area contributed by atoms with E-state index < -0.39 is 0 Å². The fraction of sp³-hybridized carbons (Fsp3) is 0.688. The number of hydrogen-bond acceptors (Lipinski definition) is 4. The molecule has 1 amide bonds. The summed E-state index contributed by atoms with van der Waals surface area (Å²) in [6.45, 7) is 5.30. The molecule has 1 N–H and O–H groups in total. The van der Waals surface area contributed by atoms with Crippen LogP contribution < -0.4 is 5.32 Å². The number of nitrogens with one attached hydrogen (secondary N) is 1. The second-order valence-electron chi connectivity index (χ2n) is 6.33. The third-order valence-corrected chi connectivity index (χ3v) is 5.51. The van der Waals surface area contributed by atoms with Crippen molar-refractivity contribution in [1.82, 2.24) is 15.1 Å². The van der Waals surface area contributed by atoms with Crippen LogP contribution in [-0.2, 0) is 4.79 Å². The zero-order chi connectivity index (χ0) is 14.8. The summed E-state index contributed by atoms with van der Waals surface area (Å²) in [5.41, 5.74) is 0. The first-order valence-electron chi connectivity index (χ1n) is 7.97. The zero-order valence-corrected chi connectivity index (χ0v) is 13.7. The number of carbonyl (C=O) groups excluding carboxylic acids is 1. The molecule has 0 radical (unpaired) electrons.